The Kier molecular flexibility index (Phi) is 5.26. The van der Waals surface area contributed by atoms with E-state index in [0.717, 1.165) is 0 Å². The molecular weight excluding hydrogens is 420 g/mol. The van der Waals surface area contributed by atoms with Gasteiger partial charge in [-0.05, 0) is 48.5 Å². The zero-order chi connectivity index (χ0) is 22.6. The van der Waals surface area contributed by atoms with E-state index in [-0.39, 0.29) is 17.8 Å². The summed E-state index contributed by atoms with van der Waals surface area (Å²) in [5.74, 6) is 1.19. The van der Waals surface area contributed by atoms with Crippen molar-refractivity contribution in [3.05, 3.63) is 96.3 Å². The summed E-state index contributed by atoms with van der Waals surface area (Å²) in [5.41, 5.74) is 1.84. The third-order valence-electron chi connectivity index (χ3n) is 4.81. The molecule has 33 heavy (non-hydrogen) atoms. The van der Waals surface area contributed by atoms with Crippen LogP contribution in [-0.4, -0.2) is 31.8 Å². The third kappa shape index (κ3) is 4.42. The minimum absolute atomic E-state index is 0.234. The van der Waals surface area contributed by atoms with Crippen LogP contribution in [0, 0.1) is 0 Å². The number of rotatable bonds is 6. The average Bonchev–Trinajstić information content (AvgIpc) is 3.49. The quantitative estimate of drug-likeness (QED) is 0.309. The molecule has 2 heterocycles. The Morgan fingerprint density at radius 1 is 0.788 bits per heavy atom. The monoisotopic (exact) mass is 438 g/mol. The maximum Gasteiger partial charge on any atom is 0.260 e. The van der Waals surface area contributed by atoms with Crippen molar-refractivity contribution in [3.63, 3.8) is 0 Å². The van der Waals surface area contributed by atoms with Crippen molar-refractivity contribution >= 4 is 34.7 Å². The minimum Gasteiger partial charge on any atom is -0.457 e. The fraction of sp³-hybridized carbons (Fsp3) is 0. The van der Waals surface area contributed by atoms with Crippen LogP contribution in [-0.2, 0) is 0 Å². The molecule has 0 aliphatic rings. The normalized spacial score (nSPS) is 10.7. The van der Waals surface area contributed by atoms with E-state index in [1.54, 1.807) is 54.9 Å². The molecule has 0 aliphatic carbocycles. The SMILES string of the molecule is O=C(Nc1nc2c(C(=O)Nc3ncc[nH]3)cccc2[nH]1)c1ccc(Oc2ccccc2)cc1. The fourth-order valence-electron chi connectivity index (χ4n) is 3.26. The molecule has 0 aliphatic heterocycles. The van der Waals surface area contributed by atoms with Crippen LogP contribution in [0.5, 0.6) is 11.5 Å². The van der Waals surface area contributed by atoms with Gasteiger partial charge < -0.3 is 14.7 Å². The van der Waals surface area contributed by atoms with Gasteiger partial charge in [-0.3, -0.25) is 20.2 Å². The van der Waals surface area contributed by atoms with Crippen molar-refractivity contribution in [1.29, 1.82) is 0 Å². The van der Waals surface area contributed by atoms with Crippen LogP contribution in [0.2, 0.25) is 0 Å². The Morgan fingerprint density at radius 3 is 2.30 bits per heavy atom. The van der Waals surface area contributed by atoms with Gasteiger partial charge in [0.2, 0.25) is 11.9 Å². The lowest BCUT2D eigenvalue weighted by Crippen LogP contribution is -2.14. The zero-order valence-corrected chi connectivity index (χ0v) is 17.2. The standard InChI is InChI=1S/C24H18N6O3/c31-21(15-9-11-17(12-10-15)33-16-5-2-1-3-6-16)29-24-27-19-8-4-7-18(20(19)28-24)22(32)30-23-25-13-14-26-23/h1-14H,(H2,25,26,30,32)(H2,27,28,29,31). The van der Waals surface area contributed by atoms with Crippen LogP contribution in [0.25, 0.3) is 11.0 Å². The van der Waals surface area contributed by atoms with Crippen molar-refractivity contribution in [2.45, 2.75) is 0 Å². The zero-order valence-electron chi connectivity index (χ0n) is 17.2. The van der Waals surface area contributed by atoms with E-state index in [2.05, 4.69) is 30.6 Å². The highest BCUT2D eigenvalue weighted by molar-refractivity contribution is 6.11. The number of fused-ring (bicyclic) bond motifs is 1. The molecule has 0 radical (unpaired) electrons. The summed E-state index contributed by atoms with van der Waals surface area (Å²) < 4.78 is 5.75. The van der Waals surface area contributed by atoms with Crippen LogP contribution < -0.4 is 15.4 Å². The van der Waals surface area contributed by atoms with E-state index in [1.807, 2.05) is 30.3 Å². The summed E-state index contributed by atoms with van der Waals surface area (Å²) in [6.45, 7) is 0. The molecule has 0 spiro atoms. The number of para-hydroxylation sites is 2. The molecule has 0 saturated carbocycles. The minimum atomic E-state index is -0.367. The molecule has 0 saturated heterocycles. The Morgan fingerprint density at radius 2 is 1.55 bits per heavy atom. The lowest BCUT2D eigenvalue weighted by molar-refractivity contribution is 0.101. The topological polar surface area (TPSA) is 125 Å². The number of amides is 2. The summed E-state index contributed by atoms with van der Waals surface area (Å²) in [7, 11) is 0. The van der Waals surface area contributed by atoms with Crippen molar-refractivity contribution in [2.75, 3.05) is 10.6 Å². The van der Waals surface area contributed by atoms with Crippen LogP contribution in [0.4, 0.5) is 11.9 Å². The van der Waals surface area contributed by atoms with E-state index in [1.165, 1.54) is 0 Å². The number of anilines is 2. The highest BCUT2D eigenvalue weighted by Gasteiger charge is 2.16. The molecule has 2 aromatic heterocycles. The van der Waals surface area contributed by atoms with Gasteiger partial charge in [0, 0.05) is 18.0 Å². The van der Waals surface area contributed by atoms with Gasteiger partial charge in [0.05, 0.1) is 11.1 Å². The largest absolute Gasteiger partial charge is 0.457 e. The van der Waals surface area contributed by atoms with Gasteiger partial charge in [-0.15, -0.1) is 0 Å². The van der Waals surface area contributed by atoms with E-state index in [9.17, 15) is 9.59 Å². The Bertz CT molecular complexity index is 1410. The molecule has 0 unspecified atom stereocenters. The first kappa shape index (κ1) is 20.0. The molecule has 3 aromatic carbocycles. The second-order valence-electron chi connectivity index (χ2n) is 7.07. The summed E-state index contributed by atoms with van der Waals surface area (Å²) in [6, 6.07) is 21.3. The van der Waals surface area contributed by atoms with Crippen molar-refractivity contribution in [1.82, 2.24) is 19.9 Å². The summed E-state index contributed by atoms with van der Waals surface area (Å²) in [6.07, 6.45) is 3.15. The number of carbonyl (C=O) groups excluding carboxylic acids is 2. The predicted octanol–water partition coefficient (Wildman–Crippen LogP) is 4.58. The molecule has 9 heteroatoms. The van der Waals surface area contributed by atoms with Crippen molar-refractivity contribution in [2.24, 2.45) is 0 Å². The van der Waals surface area contributed by atoms with Crippen LogP contribution in [0.15, 0.2) is 85.2 Å². The number of imidazole rings is 2. The van der Waals surface area contributed by atoms with E-state index in [4.69, 9.17) is 4.74 Å². The number of aromatic amines is 2. The molecule has 0 bridgehead atoms. The number of nitrogens with zero attached hydrogens (tertiary/aromatic N) is 2. The predicted molar refractivity (Wildman–Crippen MR) is 124 cm³/mol. The maximum absolute atomic E-state index is 12.7. The van der Waals surface area contributed by atoms with Gasteiger partial charge in [-0.1, -0.05) is 24.3 Å². The number of hydrogen-bond acceptors (Lipinski definition) is 5. The smallest absolute Gasteiger partial charge is 0.260 e. The number of H-pyrrole nitrogens is 2. The molecule has 0 fully saturated rings. The second kappa shape index (κ2) is 8.67. The van der Waals surface area contributed by atoms with Crippen LogP contribution in [0.3, 0.4) is 0 Å². The van der Waals surface area contributed by atoms with Crippen molar-refractivity contribution in [3.8, 4) is 11.5 Å². The van der Waals surface area contributed by atoms with Gasteiger partial charge in [0.15, 0.2) is 0 Å². The number of carbonyl (C=O) groups is 2. The van der Waals surface area contributed by atoms with E-state index < -0.39 is 0 Å². The number of hydrogen-bond donors (Lipinski definition) is 4. The van der Waals surface area contributed by atoms with Crippen LogP contribution >= 0.6 is 0 Å². The summed E-state index contributed by atoms with van der Waals surface area (Å²) in [4.78, 5) is 39.5. The molecule has 162 valence electrons. The molecule has 4 N–H and O–H groups in total. The number of benzene rings is 3. The highest BCUT2D eigenvalue weighted by atomic mass is 16.5. The van der Waals surface area contributed by atoms with E-state index in [0.29, 0.717) is 39.6 Å². The molecule has 5 aromatic rings. The lowest BCUT2D eigenvalue weighted by atomic mass is 10.2. The number of aromatic nitrogens is 4. The van der Waals surface area contributed by atoms with Crippen molar-refractivity contribution < 1.29 is 14.3 Å². The molecule has 9 nitrogen and oxygen atoms in total. The first-order valence-corrected chi connectivity index (χ1v) is 10.1. The first-order chi connectivity index (χ1) is 16.2. The lowest BCUT2D eigenvalue weighted by Gasteiger charge is -2.06. The van der Waals surface area contributed by atoms with Crippen LogP contribution in [0.1, 0.15) is 20.7 Å². The van der Waals surface area contributed by atoms with Gasteiger partial charge >= 0.3 is 0 Å². The summed E-state index contributed by atoms with van der Waals surface area (Å²) in [5, 5.41) is 5.40. The highest BCUT2D eigenvalue weighted by Crippen LogP contribution is 2.23. The van der Waals surface area contributed by atoms with Gasteiger partial charge in [-0.2, -0.15) is 0 Å². The molecule has 0 atom stereocenters. The molecule has 2 amide bonds. The number of ether oxygens (including phenoxy) is 1. The Balaban J connectivity index is 1.30. The first-order valence-electron chi connectivity index (χ1n) is 10.1. The molecule has 5 rings (SSSR count). The van der Waals surface area contributed by atoms with E-state index >= 15 is 0 Å². The average molecular weight is 438 g/mol. The Hall–Kier alpha value is -4.92. The third-order valence-corrected chi connectivity index (χ3v) is 4.81. The van der Waals surface area contributed by atoms with Gasteiger partial charge in [0.25, 0.3) is 11.8 Å². The fourth-order valence-corrected chi connectivity index (χ4v) is 3.26. The van der Waals surface area contributed by atoms with Gasteiger partial charge in [0.1, 0.15) is 17.0 Å². The maximum atomic E-state index is 12.7. The number of nitrogens with one attached hydrogen (secondary N) is 4. The second-order valence-corrected chi connectivity index (χ2v) is 7.07. The Labute approximate surface area is 187 Å². The summed E-state index contributed by atoms with van der Waals surface area (Å²) >= 11 is 0. The molecular formula is C24H18N6O3. The van der Waals surface area contributed by atoms with Gasteiger partial charge in [-0.25, -0.2) is 9.97 Å².